The highest BCUT2D eigenvalue weighted by Crippen LogP contribution is 2.20. The number of hydrogen-bond donors (Lipinski definition) is 1. The summed E-state index contributed by atoms with van der Waals surface area (Å²) in [5.74, 6) is -1.43. The minimum absolute atomic E-state index is 0.0798. The second kappa shape index (κ2) is 5.56. The van der Waals surface area contributed by atoms with Crippen LogP contribution in [0.5, 0.6) is 5.75 Å². The maximum Gasteiger partial charge on any atom is 0.471 e. The fraction of sp³-hybridized carbons (Fsp3) is 0.364. The molecule has 1 amide bonds. The maximum absolute atomic E-state index is 11.9. The average molecular weight is 247 g/mol. The molecule has 1 rings (SSSR count). The molecule has 0 aliphatic heterocycles. The molecule has 1 aromatic carbocycles. The van der Waals surface area contributed by atoms with E-state index in [-0.39, 0.29) is 5.69 Å². The van der Waals surface area contributed by atoms with Crippen LogP contribution in [0, 0.1) is 0 Å². The van der Waals surface area contributed by atoms with Crippen molar-refractivity contribution in [2.75, 3.05) is 11.9 Å². The van der Waals surface area contributed by atoms with Crippen molar-refractivity contribution >= 4 is 11.6 Å². The quantitative estimate of drug-likeness (QED) is 0.888. The van der Waals surface area contributed by atoms with Crippen LogP contribution in [-0.4, -0.2) is 18.7 Å². The Morgan fingerprint density at radius 1 is 1.29 bits per heavy atom. The number of anilines is 1. The molecule has 0 spiro atoms. The third-order valence-corrected chi connectivity index (χ3v) is 1.84. The van der Waals surface area contributed by atoms with Crippen LogP contribution in [0.4, 0.5) is 18.9 Å². The van der Waals surface area contributed by atoms with E-state index in [2.05, 4.69) is 0 Å². The van der Waals surface area contributed by atoms with Crippen LogP contribution < -0.4 is 10.1 Å². The van der Waals surface area contributed by atoms with E-state index in [4.69, 9.17) is 4.74 Å². The molecule has 0 saturated heterocycles. The van der Waals surface area contributed by atoms with Gasteiger partial charge in [0.1, 0.15) is 5.75 Å². The summed E-state index contributed by atoms with van der Waals surface area (Å²) < 4.78 is 41.1. The van der Waals surface area contributed by atoms with Gasteiger partial charge in [0, 0.05) is 5.69 Å². The van der Waals surface area contributed by atoms with Gasteiger partial charge in [-0.3, -0.25) is 4.79 Å². The molecule has 6 heteroatoms. The van der Waals surface area contributed by atoms with Crippen LogP contribution >= 0.6 is 0 Å². The molecule has 0 heterocycles. The number of amides is 1. The van der Waals surface area contributed by atoms with Gasteiger partial charge in [-0.2, -0.15) is 13.2 Å². The summed E-state index contributed by atoms with van der Waals surface area (Å²) >= 11 is 0. The molecule has 1 N–H and O–H groups in total. The molecule has 0 bridgehead atoms. The summed E-state index contributed by atoms with van der Waals surface area (Å²) in [6, 6.07) is 5.71. The zero-order valence-corrected chi connectivity index (χ0v) is 9.17. The fourth-order valence-electron chi connectivity index (χ4n) is 1.06. The van der Waals surface area contributed by atoms with E-state index < -0.39 is 12.1 Å². The van der Waals surface area contributed by atoms with Crippen molar-refractivity contribution in [1.29, 1.82) is 0 Å². The number of benzene rings is 1. The van der Waals surface area contributed by atoms with Crippen molar-refractivity contribution < 1.29 is 22.7 Å². The first kappa shape index (κ1) is 13.3. The Morgan fingerprint density at radius 3 is 2.35 bits per heavy atom. The van der Waals surface area contributed by atoms with Gasteiger partial charge in [0.2, 0.25) is 0 Å². The molecule has 0 saturated carbocycles. The fourth-order valence-corrected chi connectivity index (χ4v) is 1.06. The SMILES string of the molecule is CCCOc1ccc(NC(=O)C(F)(F)F)cc1. The van der Waals surface area contributed by atoms with E-state index >= 15 is 0 Å². The van der Waals surface area contributed by atoms with Crippen LogP contribution in [0.15, 0.2) is 24.3 Å². The predicted octanol–water partition coefficient (Wildman–Crippen LogP) is 2.98. The summed E-state index contributed by atoms with van der Waals surface area (Å²) in [5, 5.41) is 1.75. The molecule has 0 fully saturated rings. The maximum atomic E-state index is 11.9. The average Bonchev–Trinajstić information content (AvgIpc) is 2.27. The number of ether oxygens (including phenoxy) is 1. The molecular weight excluding hydrogens is 235 g/mol. The van der Waals surface area contributed by atoms with Crippen molar-refractivity contribution in [2.24, 2.45) is 0 Å². The van der Waals surface area contributed by atoms with Crippen LogP contribution in [0.2, 0.25) is 0 Å². The first-order valence-electron chi connectivity index (χ1n) is 5.04. The van der Waals surface area contributed by atoms with Crippen LogP contribution in [0.3, 0.4) is 0 Å². The third-order valence-electron chi connectivity index (χ3n) is 1.84. The minimum atomic E-state index is -4.88. The number of hydrogen-bond acceptors (Lipinski definition) is 2. The normalized spacial score (nSPS) is 11.1. The standard InChI is InChI=1S/C11H12F3NO2/c1-2-7-17-9-5-3-8(4-6-9)15-10(16)11(12,13)14/h3-6H,2,7H2,1H3,(H,15,16). The van der Waals surface area contributed by atoms with E-state index in [9.17, 15) is 18.0 Å². The molecule has 0 aromatic heterocycles. The van der Waals surface area contributed by atoms with Gasteiger partial charge in [0.25, 0.3) is 0 Å². The van der Waals surface area contributed by atoms with Gasteiger partial charge in [-0.15, -0.1) is 0 Å². The highest BCUT2D eigenvalue weighted by Gasteiger charge is 2.38. The zero-order valence-electron chi connectivity index (χ0n) is 9.17. The van der Waals surface area contributed by atoms with E-state index in [0.717, 1.165) is 6.42 Å². The Labute approximate surface area is 96.6 Å². The first-order valence-corrected chi connectivity index (χ1v) is 5.04. The van der Waals surface area contributed by atoms with E-state index in [1.165, 1.54) is 24.3 Å². The molecule has 0 unspecified atom stereocenters. The number of nitrogens with one attached hydrogen (secondary N) is 1. The highest BCUT2D eigenvalue weighted by molar-refractivity contribution is 5.94. The van der Waals surface area contributed by atoms with Gasteiger partial charge in [-0.1, -0.05) is 6.92 Å². The van der Waals surface area contributed by atoms with E-state index in [1.54, 1.807) is 5.32 Å². The molecule has 17 heavy (non-hydrogen) atoms. The summed E-state index contributed by atoms with van der Waals surface area (Å²) in [4.78, 5) is 10.6. The third kappa shape index (κ3) is 4.34. The lowest BCUT2D eigenvalue weighted by Gasteiger charge is -2.09. The van der Waals surface area contributed by atoms with Gasteiger partial charge in [0.15, 0.2) is 0 Å². The summed E-state index contributed by atoms with van der Waals surface area (Å²) in [6.45, 7) is 2.48. The van der Waals surface area contributed by atoms with E-state index in [0.29, 0.717) is 12.4 Å². The zero-order chi connectivity index (χ0) is 12.9. The predicted molar refractivity (Wildman–Crippen MR) is 56.9 cm³/mol. The molecule has 94 valence electrons. The Hall–Kier alpha value is -1.72. The number of carbonyl (C=O) groups excluding carboxylic acids is 1. The van der Waals surface area contributed by atoms with Gasteiger partial charge >= 0.3 is 12.1 Å². The van der Waals surface area contributed by atoms with Crippen molar-refractivity contribution in [3.8, 4) is 5.75 Å². The smallest absolute Gasteiger partial charge is 0.471 e. The molecule has 0 aliphatic rings. The Morgan fingerprint density at radius 2 is 1.88 bits per heavy atom. The molecular formula is C11H12F3NO2. The monoisotopic (exact) mass is 247 g/mol. The second-order valence-electron chi connectivity index (χ2n) is 3.32. The number of alkyl halides is 3. The Kier molecular flexibility index (Phi) is 4.37. The summed E-state index contributed by atoms with van der Waals surface area (Å²) in [6.07, 6.45) is -4.04. The molecule has 3 nitrogen and oxygen atoms in total. The van der Waals surface area contributed by atoms with Gasteiger partial charge < -0.3 is 10.1 Å². The molecule has 0 atom stereocenters. The van der Waals surface area contributed by atoms with Crippen LogP contribution in [0.1, 0.15) is 13.3 Å². The lowest BCUT2D eigenvalue weighted by molar-refractivity contribution is -0.167. The van der Waals surface area contributed by atoms with Gasteiger partial charge in [0.05, 0.1) is 6.61 Å². The van der Waals surface area contributed by atoms with Gasteiger partial charge in [-0.25, -0.2) is 0 Å². The highest BCUT2D eigenvalue weighted by atomic mass is 19.4. The van der Waals surface area contributed by atoms with Crippen molar-refractivity contribution in [1.82, 2.24) is 0 Å². The van der Waals surface area contributed by atoms with Crippen molar-refractivity contribution in [2.45, 2.75) is 19.5 Å². The second-order valence-corrected chi connectivity index (χ2v) is 3.32. The van der Waals surface area contributed by atoms with Crippen molar-refractivity contribution in [3.63, 3.8) is 0 Å². The lowest BCUT2D eigenvalue weighted by Crippen LogP contribution is -2.29. The molecule has 1 aromatic rings. The molecule has 0 radical (unpaired) electrons. The first-order chi connectivity index (χ1) is 7.93. The number of carbonyl (C=O) groups is 1. The summed E-state index contributed by atoms with van der Waals surface area (Å²) in [5.41, 5.74) is 0.0798. The topological polar surface area (TPSA) is 38.3 Å². The van der Waals surface area contributed by atoms with Crippen LogP contribution in [-0.2, 0) is 4.79 Å². The number of rotatable bonds is 4. The molecule has 0 aliphatic carbocycles. The largest absolute Gasteiger partial charge is 0.494 e. The van der Waals surface area contributed by atoms with Crippen LogP contribution in [0.25, 0.3) is 0 Å². The summed E-state index contributed by atoms with van der Waals surface area (Å²) in [7, 11) is 0. The van der Waals surface area contributed by atoms with E-state index in [1.807, 2.05) is 6.92 Å². The number of halogens is 3. The Bertz CT molecular complexity index is 373. The lowest BCUT2D eigenvalue weighted by atomic mass is 10.3. The minimum Gasteiger partial charge on any atom is -0.494 e. The van der Waals surface area contributed by atoms with Gasteiger partial charge in [-0.05, 0) is 30.7 Å². The van der Waals surface area contributed by atoms with Crippen molar-refractivity contribution in [3.05, 3.63) is 24.3 Å². The Balaban J connectivity index is 2.59.